The highest BCUT2D eigenvalue weighted by molar-refractivity contribution is 6.13. The maximum Gasteiger partial charge on any atom is 0.160 e. The maximum atomic E-state index is 10.1. The Labute approximate surface area is 415 Å². The van der Waals surface area contributed by atoms with Gasteiger partial charge >= 0.3 is 0 Å². The molecule has 10 aromatic carbocycles. The van der Waals surface area contributed by atoms with Crippen LogP contribution in [0.25, 0.3) is 122 Å². The molecule has 0 aliphatic carbocycles. The minimum Gasteiger partial charge on any atom is -0.309 e. The predicted molar refractivity (Wildman–Crippen MR) is 293 cm³/mol. The Morgan fingerprint density at radius 1 is 0.292 bits per heavy atom. The molecule has 0 aliphatic heterocycles. The summed E-state index contributed by atoms with van der Waals surface area (Å²) >= 11 is 0. The first-order chi connectivity index (χ1) is 35.6. The Morgan fingerprint density at radius 3 is 1.29 bits per heavy atom. The van der Waals surface area contributed by atoms with E-state index in [1.807, 2.05) is 84.9 Å². The van der Waals surface area contributed by atoms with Gasteiger partial charge in [-0.3, -0.25) is 0 Å². The van der Waals surface area contributed by atoms with Crippen LogP contribution in [0.5, 0.6) is 0 Å². The summed E-state index contributed by atoms with van der Waals surface area (Å²) in [6.07, 6.45) is 0. The molecule has 0 radical (unpaired) electrons. The van der Waals surface area contributed by atoms with Crippen molar-refractivity contribution in [2.75, 3.05) is 0 Å². The molecule has 0 saturated heterocycles. The predicted octanol–water partition coefficient (Wildman–Crippen LogP) is 16.4. The van der Waals surface area contributed by atoms with E-state index in [1.54, 1.807) is 0 Å². The van der Waals surface area contributed by atoms with Gasteiger partial charge in [-0.1, -0.05) is 170 Å². The molecule has 72 heavy (non-hydrogen) atoms. The minimum atomic E-state index is 0.638. The highest BCUT2D eigenvalue weighted by Gasteiger charge is 2.23. The van der Waals surface area contributed by atoms with Crippen LogP contribution in [-0.2, 0) is 0 Å². The highest BCUT2D eigenvalue weighted by Crippen LogP contribution is 2.44. The average Bonchev–Trinajstić information content (AvgIpc) is 3.97. The number of fused-ring (bicyclic) bond motifs is 6. The number of para-hydroxylation sites is 3. The first kappa shape index (κ1) is 42.0. The van der Waals surface area contributed by atoms with Crippen molar-refractivity contribution in [1.29, 1.82) is 10.5 Å². The second-order valence-corrected chi connectivity index (χ2v) is 17.9. The van der Waals surface area contributed by atoms with Gasteiger partial charge in [0.25, 0.3) is 0 Å². The molecule has 0 amide bonds. The zero-order chi connectivity index (χ0) is 48.1. The van der Waals surface area contributed by atoms with Crippen LogP contribution in [0, 0.1) is 22.7 Å². The zero-order valence-electron chi connectivity index (χ0n) is 38.8. The molecule has 0 saturated carbocycles. The molecular formula is C66H40N6. The van der Waals surface area contributed by atoms with E-state index >= 15 is 0 Å². The van der Waals surface area contributed by atoms with Gasteiger partial charge in [0.15, 0.2) is 5.82 Å². The molecule has 0 unspecified atom stereocenters. The van der Waals surface area contributed by atoms with Gasteiger partial charge in [-0.2, -0.15) is 10.5 Å². The Bertz CT molecular complexity index is 4300. The second-order valence-electron chi connectivity index (χ2n) is 17.9. The normalized spacial score (nSPS) is 11.3. The molecule has 13 rings (SSSR count). The Kier molecular flexibility index (Phi) is 10.2. The molecule has 6 heteroatoms. The standard InChI is InChI=1S/C66H40N6/c67-41-48-21-7-9-23-50(48)45-31-34-63-55(37-45)52-25-11-14-28-60(52)71(63)61-29-15-13-27-54(61)57-39-47(59-40-58(43-17-3-1-4-18-43)69-66(70-59)44-19-5-2-6-20-44)33-36-65(57)72-62-30-16-12-26-53(62)56-38-46(32-35-64(56)72)51-24-10-8-22-49(51)42-68/h1-40H. The third-order valence-corrected chi connectivity index (χ3v) is 13.9. The van der Waals surface area contributed by atoms with Gasteiger partial charge < -0.3 is 9.13 Å². The number of nitrogens with zero attached hydrogens (tertiary/aromatic N) is 6. The van der Waals surface area contributed by atoms with E-state index in [1.165, 1.54) is 0 Å². The summed E-state index contributed by atoms with van der Waals surface area (Å²) in [5.41, 5.74) is 17.9. The number of hydrogen-bond donors (Lipinski definition) is 0. The van der Waals surface area contributed by atoms with Gasteiger partial charge in [0.1, 0.15) is 0 Å². The molecule has 0 fully saturated rings. The van der Waals surface area contributed by atoms with E-state index in [0.29, 0.717) is 17.0 Å². The number of nitriles is 2. The molecule has 3 aromatic heterocycles. The number of benzene rings is 10. The Morgan fingerprint density at radius 2 is 0.722 bits per heavy atom. The van der Waals surface area contributed by atoms with Crippen LogP contribution in [0.15, 0.2) is 243 Å². The Hall–Kier alpha value is -10.1. The maximum absolute atomic E-state index is 10.1. The van der Waals surface area contributed by atoms with Gasteiger partial charge in [0, 0.05) is 49.4 Å². The first-order valence-corrected chi connectivity index (χ1v) is 23.9. The molecule has 13 aromatic rings. The summed E-state index contributed by atoms with van der Waals surface area (Å²) in [5, 5.41) is 24.6. The summed E-state index contributed by atoms with van der Waals surface area (Å²) in [6, 6.07) is 88.6. The van der Waals surface area contributed by atoms with E-state index in [4.69, 9.17) is 9.97 Å². The van der Waals surface area contributed by atoms with Crippen LogP contribution in [0.1, 0.15) is 11.1 Å². The van der Waals surface area contributed by atoms with Crippen molar-refractivity contribution in [2.45, 2.75) is 0 Å². The van der Waals surface area contributed by atoms with Crippen LogP contribution in [-0.4, -0.2) is 19.1 Å². The SMILES string of the molecule is N#Cc1ccccc1-c1ccc2c(c1)c1ccccc1n2-c1ccccc1-c1cc(-c2cc(-c3ccccc3)nc(-c3ccccc3)n2)ccc1-n1c2ccccc2c2cc(-c3ccccc3C#N)ccc21. The van der Waals surface area contributed by atoms with Crippen LogP contribution < -0.4 is 0 Å². The van der Waals surface area contributed by atoms with Gasteiger partial charge in [0.2, 0.25) is 0 Å². The third kappa shape index (κ3) is 7.02. The molecule has 0 atom stereocenters. The second kappa shape index (κ2) is 17.4. The lowest BCUT2D eigenvalue weighted by Gasteiger charge is -2.20. The van der Waals surface area contributed by atoms with Gasteiger partial charge in [-0.05, 0) is 95.1 Å². The highest BCUT2D eigenvalue weighted by atomic mass is 15.0. The topological polar surface area (TPSA) is 83.2 Å². The van der Waals surface area contributed by atoms with Crippen LogP contribution in [0.4, 0.5) is 0 Å². The average molecular weight is 917 g/mol. The van der Waals surface area contributed by atoms with Crippen LogP contribution in [0.3, 0.4) is 0 Å². The number of hydrogen-bond acceptors (Lipinski definition) is 4. The van der Waals surface area contributed by atoms with Gasteiger partial charge in [0.05, 0.1) is 68.1 Å². The smallest absolute Gasteiger partial charge is 0.160 e. The lowest BCUT2D eigenvalue weighted by Crippen LogP contribution is -2.02. The monoisotopic (exact) mass is 916 g/mol. The van der Waals surface area contributed by atoms with Crippen molar-refractivity contribution < 1.29 is 0 Å². The fraction of sp³-hybridized carbons (Fsp3) is 0. The van der Waals surface area contributed by atoms with Crippen molar-refractivity contribution in [3.8, 4) is 90.8 Å². The summed E-state index contributed by atoms with van der Waals surface area (Å²) < 4.78 is 4.77. The quantitative estimate of drug-likeness (QED) is 0.152. The fourth-order valence-electron chi connectivity index (χ4n) is 10.5. The molecule has 0 spiro atoms. The summed E-state index contributed by atoms with van der Waals surface area (Å²) in [7, 11) is 0. The van der Waals surface area contributed by atoms with Crippen molar-refractivity contribution in [2.24, 2.45) is 0 Å². The molecule has 0 bridgehead atoms. The van der Waals surface area contributed by atoms with E-state index in [0.717, 1.165) is 116 Å². The van der Waals surface area contributed by atoms with Crippen molar-refractivity contribution >= 4 is 43.6 Å². The van der Waals surface area contributed by atoms with Crippen molar-refractivity contribution in [1.82, 2.24) is 19.1 Å². The van der Waals surface area contributed by atoms with Gasteiger partial charge in [-0.15, -0.1) is 0 Å². The molecule has 0 N–H and O–H groups in total. The Balaban J connectivity index is 1.09. The lowest BCUT2D eigenvalue weighted by molar-refractivity contribution is 1.16. The minimum absolute atomic E-state index is 0.638. The summed E-state index contributed by atoms with van der Waals surface area (Å²) in [5.74, 6) is 0.649. The fourth-order valence-corrected chi connectivity index (χ4v) is 10.5. The third-order valence-electron chi connectivity index (χ3n) is 13.9. The van der Waals surface area contributed by atoms with Crippen LogP contribution in [0.2, 0.25) is 0 Å². The molecule has 334 valence electrons. The van der Waals surface area contributed by atoms with Crippen molar-refractivity contribution in [3.05, 3.63) is 254 Å². The molecular weight excluding hydrogens is 877 g/mol. The lowest BCUT2D eigenvalue weighted by atomic mass is 9.96. The number of aromatic nitrogens is 4. The molecule has 3 heterocycles. The van der Waals surface area contributed by atoms with E-state index in [9.17, 15) is 10.5 Å². The van der Waals surface area contributed by atoms with Gasteiger partial charge in [-0.25, -0.2) is 9.97 Å². The number of rotatable bonds is 8. The van der Waals surface area contributed by atoms with Crippen LogP contribution >= 0.6 is 0 Å². The van der Waals surface area contributed by atoms with E-state index in [2.05, 4.69) is 179 Å². The van der Waals surface area contributed by atoms with Crippen molar-refractivity contribution in [3.63, 3.8) is 0 Å². The molecule has 0 aliphatic rings. The first-order valence-electron chi connectivity index (χ1n) is 23.9. The van der Waals surface area contributed by atoms with E-state index in [-0.39, 0.29) is 0 Å². The summed E-state index contributed by atoms with van der Waals surface area (Å²) in [4.78, 5) is 10.4. The molecule has 6 nitrogen and oxygen atoms in total. The summed E-state index contributed by atoms with van der Waals surface area (Å²) in [6.45, 7) is 0. The zero-order valence-corrected chi connectivity index (χ0v) is 38.8. The van der Waals surface area contributed by atoms with E-state index < -0.39 is 0 Å². The largest absolute Gasteiger partial charge is 0.309 e.